The highest BCUT2D eigenvalue weighted by molar-refractivity contribution is 5.70. The van der Waals surface area contributed by atoms with Gasteiger partial charge in [-0.25, -0.2) is 0 Å². The number of carbonyl (C=O) groups excluding carboxylic acids is 3. The summed E-state index contributed by atoms with van der Waals surface area (Å²) < 4.78 is 16.2. The summed E-state index contributed by atoms with van der Waals surface area (Å²) in [5.41, 5.74) is 0. The van der Waals surface area contributed by atoms with Crippen LogP contribution in [0, 0.1) is 0 Å². The second kappa shape index (κ2) is 23.0. The van der Waals surface area contributed by atoms with Crippen LogP contribution in [0.1, 0.15) is 110 Å². The lowest BCUT2D eigenvalue weighted by Gasteiger charge is -2.34. The first kappa shape index (κ1) is 36.1. The average molecular weight is 542 g/mol. The van der Waals surface area contributed by atoms with Gasteiger partial charge in [-0.1, -0.05) is 70.4 Å². The van der Waals surface area contributed by atoms with E-state index in [9.17, 15) is 19.5 Å². The van der Waals surface area contributed by atoms with Crippen molar-refractivity contribution in [2.75, 3.05) is 41.0 Å². The number of ether oxygens (including phenoxy) is 3. The molecule has 38 heavy (non-hydrogen) atoms. The number of quaternary nitrogens is 1. The van der Waals surface area contributed by atoms with Gasteiger partial charge < -0.3 is 28.6 Å². The number of carboxylic acid groups (broad SMARTS) is 1. The lowest BCUT2D eigenvalue weighted by molar-refractivity contribution is -0.889. The van der Waals surface area contributed by atoms with Gasteiger partial charge in [0.25, 0.3) is 0 Å². The number of likely N-dealkylation sites (N-methyl/N-ethyl adjacent to an activating group) is 1. The summed E-state index contributed by atoms with van der Waals surface area (Å²) in [5.74, 6) is -1.95. The fourth-order valence-electron chi connectivity index (χ4n) is 4.14. The molecule has 0 aromatic heterocycles. The molecule has 2 atom stereocenters. The largest absolute Gasteiger partial charge is 0.544 e. The Bertz CT molecular complexity index is 657. The van der Waals surface area contributed by atoms with Gasteiger partial charge in [0.15, 0.2) is 6.10 Å². The summed E-state index contributed by atoms with van der Waals surface area (Å²) >= 11 is 0. The van der Waals surface area contributed by atoms with E-state index in [2.05, 4.69) is 19.1 Å². The molecule has 8 heteroatoms. The van der Waals surface area contributed by atoms with Crippen LogP contribution < -0.4 is 5.11 Å². The van der Waals surface area contributed by atoms with Crippen LogP contribution in [0.5, 0.6) is 0 Å². The molecule has 0 radical (unpaired) electrons. The first-order valence-corrected chi connectivity index (χ1v) is 14.7. The molecule has 0 aliphatic heterocycles. The maximum absolute atomic E-state index is 12.3. The molecule has 222 valence electrons. The summed E-state index contributed by atoms with van der Waals surface area (Å²) in [6.45, 7) is 3.64. The smallest absolute Gasteiger partial charge is 0.306 e. The van der Waals surface area contributed by atoms with Gasteiger partial charge in [0.1, 0.15) is 12.6 Å². The Labute approximate surface area is 231 Å². The summed E-state index contributed by atoms with van der Waals surface area (Å²) in [4.78, 5) is 34.8. The molecule has 2 unspecified atom stereocenters. The third-order valence-corrected chi connectivity index (χ3v) is 6.46. The van der Waals surface area contributed by atoms with E-state index in [4.69, 9.17) is 14.2 Å². The van der Waals surface area contributed by atoms with E-state index in [0.717, 1.165) is 32.1 Å². The molecule has 0 spiro atoms. The zero-order valence-electron chi connectivity index (χ0n) is 24.8. The van der Waals surface area contributed by atoms with Crippen molar-refractivity contribution in [2.24, 2.45) is 0 Å². The fraction of sp³-hybridized carbons (Fsp3) is 0.833. The molecular weight excluding hydrogens is 486 g/mol. The van der Waals surface area contributed by atoms with Crippen molar-refractivity contribution < 1.29 is 38.2 Å². The standard InChI is InChI=1S/C30H55NO7/c1-6-7-8-9-10-11-12-13-14-15-16-17-18-19-20-21-29(33)38-27(25-37-26(2)32)24-36-23-22-28(30(34)35)31(3,4)5/h13-14,27-28H,6-12,15-25H2,1-5H3/b14-13-. The van der Waals surface area contributed by atoms with Gasteiger partial charge in [-0.3, -0.25) is 9.59 Å². The van der Waals surface area contributed by atoms with Gasteiger partial charge in [0.05, 0.1) is 40.3 Å². The highest BCUT2D eigenvalue weighted by atomic mass is 16.6. The number of carbonyl (C=O) groups is 3. The SMILES string of the molecule is CCCCCCCC/C=C\CCCCCCCC(=O)OC(COCCC(C(=O)[O-])[N+](C)(C)C)COC(C)=O. The number of unbranched alkanes of at least 4 members (excludes halogenated alkanes) is 11. The second-order valence-corrected chi connectivity index (χ2v) is 11.1. The molecule has 0 aromatic carbocycles. The zero-order valence-corrected chi connectivity index (χ0v) is 24.8. The minimum absolute atomic E-state index is 0.0301. The monoisotopic (exact) mass is 541 g/mol. The Morgan fingerprint density at radius 1 is 0.816 bits per heavy atom. The lowest BCUT2D eigenvalue weighted by Crippen LogP contribution is -2.55. The molecule has 8 nitrogen and oxygen atoms in total. The van der Waals surface area contributed by atoms with Crippen molar-refractivity contribution >= 4 is 17.9 Å². The third kappa shape index (κ3) is 22.1. The Hall–Kier alpha value is -1.93. The molecule has 0 aliphatic rings. The molecule has 0 amide bonds. The van der Waals surface area contributed by atoms with E-state index in [1.165, 1.54) is 58.3 Å². The van der Waals surface area contributed by atoms with Gasteiger partial charge in [-0.05, 0) is 32.1 Å². The predicted octanol–water partition coefficient (Wildman–Crippen LogP) is 4.73. The predicted molar refractivity (Wildman–Crippen MR) is 148 cm³/mol. The minimum atomic E-state index is -1.14. The van der Waals surface area contributed by atoms with Crippen molar-refractivity contribution in [2.45, 2.75) is 122 Å². The van der Waals surface area contributed by atoms with Gasteiger partial charge in [-0.2, -0.15) is 0 Å². The molecule has 0 saturated heterocycles. The zero-order chi connectivity index (χ0) is 28.7. The third-order valence-electron chi connectivity index (χ3n) is 6.46. The van der Waals surface area contributed by atoms with Gasteiger partial charge >= 0.3 is 11.9 Å². The number of aliphatic carboxylic acids is 1. The van der Waals surface area contributed by atoms with Crippen LogP contribution >= 0.6 is 0 Å². The van der Waals surface area contributed by atoms with Crippen molar-refractivity contribution in [1.29, 1.82) is 0 Å². The van der Waals surface area contributed by atoms with Crippen molar-refractivity contribution in [3.8, 4) is 0 Å². The van der Waals surface area contributed by atoms with E-state index in [-0.39, 0.29) is 36.7 Å². The maximum Gasteiger partial charge on any atom is 0.306 e. The molecule has 0 bridgehead atoms. The average Bonchev–Trinajstić information content (AvgIpc) is 2.83. The molecule has 0 saturated carbocycles. The van der Waals surface area contributed by atoms with Crippen LogP contribution in [0.2, 0.25) is 0 Å². The first-order chi connectivity index (χ1) is 18.1. The normalized spacial score (nSPS) is 13.4. The van der Waals surface area contributed by atoms with E-state index in [1.54, 1.807) is 21.1 Å². The number of hydrogen-bond donors (Lipinski definition) is 0. The Kier molecular flexibility index (Phi) is 21.8. The van der Waals surface area contributed by atoms with E-state index in [0.29, 0.717) is 6.42 Å². The molecular formula is C30H55NO7. The molecule has 0 heterocycles. The van der Waals surface area contributed by atoms with Crippen LogP contribution in [-0.4, -0.2) is 75.5 Å². The Morgan fingerprint density at radius 2 is 1.37 bits per heavy atom. The molecule has 0 N–H and O–H groups in total. The van der Waals surface area contributed by atoms with Gasteiger partial charge in [0, 0.05) is 19.8 Å². The van der Waals surface area contributed by atoms with Crippen LogP contribution in [0.3, 0.4) is 0 Å². The second-order valence-electron chi connectivity index (χ2n) is 11.1. The maximum atomic E-state index is 12.3. The lowest BCUT2D eigenvalue weighted by atomic mass is 10.1. The molecule has 0 rings (SSSR count). The Morgan fingerprint density at radius 3 is 1.89 bits per heavy atom. The van der Waals surface area contributed by atoms with Crippen LogP contribution in [-0.2, 0) is 28.6 Å². The summed E-state index contributed by atoms with van der Waals surface area (Å²) in [6, 6.07) is -0.717. The molecule has 0 fully saturated rings. The number of rotatable bonds is 25. The number of hydrogen-bond acceptors (Lipinski definition) is 7. The van der Waals surface area contributed by atoms with Gasteiger partial charge in [0.2, 0.25) is 0 Å². The van der Waals surface area contributed by atoms with E-state index in [1.807, 2.05) is 0 Å². The summed E-state index contributed by atoms with van der Waals surface area (Å²) in [7, 11) is 5.34. The molecule has 0 aliphatic carbocycles. The van der Waals surface area contributed by atoms with Crippen molar-refractivity contribution in [3.05, 3.63) is 12.2 Å². The van der Waals surface area contributed by atoms with E-state index >= 15 is 0 Å². The van der Waals surface area contributed by atoms with Crippen molar-refractivity contribution in [3.63, 3.8) is 0 Å². The van der Waals surface area contributed by atoms with Crippen LogP contribution in [0.4, 0.5) is 0 Å². The number of esters is 2. The van der Waals surface area contributed by atoms with Crippen LogP contribution in [0.15, 0.2) is 12.2 Å². The first-order valence-electron chi connectivity index (χ1n) is 14.7. The number of nitrogens with zero attached hydrogens (tertiary/aromatic N) is 1. The number of carboxylic acids is 1. The summed E-state index contributed by atoms with van der Waals surface area (Å²) in [5, 5.41) is 11.4. The fourth-order valence-corrected chi connectivity index (χ4v) is 4.14. The van der Waals surface area contributed by atoms with Crippen LogP contribution in [0.25, 0.3) is 0 Å². The highest BCUT2D eigenvalue weighted by Crippen LogP contribution is 2.12. The number of allylic oxidation sites excluding steroid dienone is 2. The van der Waals surface area contributed by atoms with Crippen molar-refractivity contribution in [1.82, 2.24) is 0 Å². The quantitative estimate of drug-likeness (QED) is 0.0712. The van der Waals surface area contributed by atoms with Gasteiger partial charge in [-0.15, -0.1) is 0 Å². The Balaban J connectivity index is 4.03. The summed E-state index contributed by atoms with van der Waals surface area (Å²) in [6.07, 6.45) is 19.9. The minimum Gasteiger partial charge on any atom is -0.544 e. The molecule has 0 aromatic rings. The highest BCUT2D eigenvalue weighted by Gasteiger charge is 2.25. The topological polar surface area (TPSA) is 102 Å². The van der Waals surface area contributed by atoms with E-state index < -0.39 is 24.1 Å².